The molecule has 6 aromatic heterocycles. The van der Waals surface area contributed by atoms with Crippen LogP contribution in [0.2, 0.25) is 0 Å². The molecule has 0 spiro atoms. The van der Waals surface area contributed by atoms with Gasteiger partial charge in [0.15, 0.2) is 5.82 Å². The van der Waals surface area contributed by atoms with Crippen LogP contribution >= 0.6 is 0 Å². The minimum Gasteiger partial charge on any atom is -0.309 e. The molecule has 0 radical (unpaired) electrons. The molecule has 6 heterocycles. The Morgan fingerprint density at radius 1 is 0.156 bits per heavy atom. The third-order valence-corrected chi connectivity index (χ3v) is 28.0. The number of aromatic nitrogens is 9. The van der Waals surface area contributed by atoms with Crippen LogP contribution in [0.25, 0.3) is 282 Å². The van der Waals surface area contributed by atoms with Crippen molar-refractivity contribution in [3.8, 4) is 151 Å². The maximum atomic E-state index is 5.46. The normalized spacial score (nSPS) is 12.0. The molecule has 135 heavy (non-hydrogen) atoms. The summed E-state index contributed by atoms with van der Waals surface area (Å²) < 4.78 is 7.25. The summed E-state index contributed by atoms with van der Waals surface area (Å²) in [6.45, 7) is 0. The van der Waals surface area contributed by atoms with Crippen molar-refractivity contribution in [1.29, 1.82) is 0 Å². The fraction of sp³-hybridized carbons (Fsp3) is 0. The number of hydrogen-bond acceptors (Lipinski definition) is 6. The van der Waals surface area contributed by atoms with Gasteiger partial charge < -0.3 is 13.7 Å². The summed E-state index contributed by atoms with van der Waals surface area (Å²) in [5, 5.41) is 16.5. The Labute approximate surface area is 775 Å². The largest absolute Gasteiger partial charge is 0.309 e. The molecule has 0 N–H and O–H groups in total. The summed E-state index contributed by atoms with van der Waals surface area (Å²) in [6.07, 6.45) is 0. The van der Waals surface area contributed by atoms with Gasteiger partial charge in [-0.1, -0.05) is 382 Å². The number of rotatable bonds is 9. The Bertz CT molecular complexity index is 9620. The molecule has 0 aliphatic heterocycles. The Morgan fingerprint density at radius 3 is 0.874 bits per heavy atom. The summed E-state index contributed by atoms with van der Waals surface area (Å²) in [5.41, 5.74) is 40.7. The number of benzene rings is 21. The Kier molecular flexibility index (Phi) is 17.0. The van der Waals surface area contributed by atoms with Crippen molar-refractivity contribution in [2.24, 2.45) is 0 Å². The molecule has 0 saturated heterocycles. The molecule has 30 rings (SSSR count). The van der Waals surface area contributed by atoms with E-state index in [-0.39, 0.29) is 0 Å². The third-order valence-electron chi connectivity index (χ3n) is 28.0. The van der Waals surface area contributed by atoms with E-state index in [4.69, 9.17) is 29.9 Å². The van der Waals surface area contributed by atoms with Crippen molar-refractivity contribution in [3.63, 3.8) is 0 Å². The Hall–Kier alpha value is -18.2. The van der Waals surface area contributed by atoms with Gasteiger partial charge in [0.1, 0.15) is 5.52 Å². The van der Waals surface area contributed by atoms with Crippen molar-refractivity contribution in [3.05, 3.63) is 455 Å². The predicted molar refractivity (Wildman–Crippen MR) is 560 cm³/mol. The van der Waals surface area contributed by atoms with Crippen LogP contribution in [0.1, 0.15) is 0 Å². The van der Waals surface area contributed by atoms with E-state index in [1.54, 1.807) is 0 Å². The highest BCUT2D eigenvalue weighted by atomic mass is 15.0. The van der Waals surface area contributed by atoms with Gasteiger partial charge in [0.25, 0.3) is 0 Å². The first-order valence-electron chi connectivity index (χ1n) is 46.1. The van der Waals surface area contributed by atoms with E-state index in [1.165, 1.54) is 164 Å². The lowest BCUT2D eigenvalue weighted by Gasteiger charge is -2.16. The first-order valence-corrected chi connectivity index (χ1v) is 46.1. The maximum absolute atomic E-state index is 5.46. The van der Waals surface area contributed by atoms with Gasteiger partial charge in [-0.05, 0) is 172 Å². The second kappa shape index (κ2) is 30.2. The fourth-order valence-corrected chi connectivity index (χ4v) is 22.2. The summed E-state index contributed by atoms with van der Waals surface area (Å²) in [6, 6.07) is 162. The van der Waals surface area contributed by atoms with Gasteiger partial charge in [0.05, 0.1) is 95.0 Å². The highest BCUT2D eigenvalue weighted by molar-refractivity contribution is 6.34. The van der Waals surface area contributed by atoms with Crippen LogP contribution in [0, 0.1) is 0 Å². The zero-order valence-corrected chi connectivity index (χ0v) is 72.8. The smallest absolute Gasteiger partial charge is 0.160 e. The monoisotopic (exact) mass is 1710 g/mol. The second-order valence-corrected chi connectivity index (χ2v) is 35.3. The molecule has 3 aliphatic carbocycles. The molecule has 0 fully saturated rings. The standard InChI is InChI=1S/3C42H25N3/c1-3-12-27(13-4-1)40-41(28-14-5-2-6-15-28)44-42-33(43-40)21-11-23-36(42)45-34-22-10-20-32-30-18-8-7-17-29(30)31-19-9-16-26-24-25-35(45)39(37(26)31)38(32)34;1-3-12-27(13-4-1)40-33-21-11-23-36(41(33)44-42(43-40)28-14-5-2-6-15-28)45-34-22-10-20-32-30-18-8-7-17-29(30)31-19-9-16-26-24-25-35(45)39(37(26)31)38(32)34;1-3-11-27(12-4-1)41-42(28-13-5-2-6-14-28)44-35-25-29(22-23-34(35)43-41)45-36-20-10-19-33-31-17-8-7-16-30(31)32-18-9-15-26-21-24-37(45)40(38(26)32)39(33)36/h3*1-25H. The van der Waals surface area contributed by atoms with E-state index in [0.29, 0.717) is 0 Å². The zero-order valence-electron chi connectivity index (χ0n) is 72.8. The van der Waals surface area contributed by atoms with Crippen LogP contribution in [0.15, 0.2) is 455 Å². The molecule has 0 atom stereocenters. The second-order valence-electron chi connectivity index (χ2n) is 35.3. The summed E-state index contributed by atoms with van der Waals surface area (Å²) in [4.78, 5) is 31.7. The molecule has 9 nitrogen and oxygen atoms in total. The van der Waals surface area contributed by atoms with Crippen LogP contribution < -0.4 is 0 Å². The number of fused-ring (bicyclic) bond motifs is 12. The van der Waals surface area contributed by atoms with Gasteiger partial charge in [-0.3, -0.25) is 0 Å². The van der Waals surface area contributed by atoms with Crippen LogP contribution in [-0.4, -0.2) is 43.6 Å². The van der Waals surface area contributed by atoms with Crippen molar-refractivity contribution in [2.75, 3.05) is 0 Å². The summed E-state index contributed by atoms with van der Waals surface area (Å²) in [7, 11) is 0. The minimum absolute atomic E-state index is 0.721. The number of nitrogens with zero attached hydrogens (tertiary/aromatic N) is 9. The average Bonchev–Trinajstić information content (AvgIpc) is 1.55. The molecule has 0 saturated carbocycles. The SMILES string of the molecule is c1ccc(-c2nc(-c3ccccc3)c3cccc(-n4c5cccc6c5c5c7c(cccc7ccc54)-c4ccccc4-6)c3n2)cc1.c1ccc(-c2nc3ccc(-n4c5cccc6c5c5c7c(cccc7ccc54)-c4ccccc4-6)cc3nc2-c2ccccc2)cc1.c1ccc(-c2nc3cccc(-n4c5cccc6c5c5c7c(cccc7ccc54)-c4ccccc4-6)c3nc2-c2ccccc2)cc1. The predicted octanol–water partition coefficient (Wildman–Crippen LogP) is 32.6. The lowest BCUT2D eigenvalue weighted by molar-refractivity contribution is 1.16. The highest BCUT2D eigenvalue weighted by Crippen LogP contribution is 2.55. The van der Waals surface area contributed by atoms with Crippen LogP contribution in [0.4, 0.5) is 0 Å². The van der Waals surface area contributed by atoms with Gasteiger partial charge in [0.2, 0.25) is 0 Å². The van der Waals surface area contributed by atoms with Gasteiger partial charge in [-0.25, -0.2) is 29.9 Å². The van der Waals surface area contributed by atoms with Crippen LogP contribution in [0.3, 0.4) is 0 Å². The highest BCUT2D eigenvalue weighted by Gasteiger charge is 2.32. The van der Waals surface area contributed by atoms with E-state index in [1.807, 2.05) is 48.5 Å². The van der Waals surface area contributed by atoms with E-state index < -0.39 is 0 Å². The molecule has 624 valence electrons. The Balaban J connectivity index is 0.000000101. The first kappa shape index (κ1) is 75.8. The molecule has 9 heteroatoms. The average molecular weight is 1720 g/mol. The van der Waals surface area contributed by atoms with Crippen molar-refractivity contribution in [1.82, 2.24) is 43.6 Å². The van der Waals surface area contributed by atoms with Crippen LogP contribution in [0.5, 0.6) is 0 Å². The van der Waals surface area contributed by atoms with Gasteiger partial charge in [0, 0.05) is 76.8 Å². The molecule has 21 aromatic carbocycles. The van der Waals surface area contributed by atoms with E-state index in [9.17, 15) is 0 Å². The van der Waals surface area contributed by atoms with E-state index >= 15 is 0 Å². The van der Waals surface area contributed by atoms with Crippen LogP contribution in [-0.2, 0) is 0 Å². The summed E-state index contributed by atoms with van der Waals surface area (Å²) in [5.74, 6) is 0.721. The van der Waals surface area contributed by atoms with Crippen molar-refractivity contribution >= 4 is 131 Å². The van der Waals surface area contributed by atoms with Gasteiger partial charge in [-0.15, -0.1) is 0 Å². The third kappa shape index (κ3) is 11.7. The number of para-hydroxylation sites is 2. The first-order chi connectivity index (χ1) is 67.0. The zero-order chi connectivity index (χ0) is 88.5. The molecule has 27 aromatic rings. The van der Waals surface area contributed by atoms with Gasteiger partial charge >= 0.3 is 0 Å². The molecular formula is C126H75N9. The van der Waals surface area contributed by atoms with E-state index in [2.05, 4.69) is 420 Å². The molecular weight excluding hydrogens is 1640 g/mol. The number of hydrogen-bond donors (Lipinski definition) is 0. The quantitative estimate of drug-likeness (QED) is 0.143. The van der Waals surface area contributed by atoms with Gasteiger partial charge in [-0.2, -0.15) is 0 Å². The minimum atomic E-state index is 0.721. The molecule has 0 bridgehead atoms. The van der Waals surface area contributed by atoms with Crippen molar-refractivity contribution in [2.45, 2.75) is 0 Å². The fourth-order valence-electron chi connectivity index (χ4n) is 22.2. The summed E-state index contributed by atoms with van der Waals surface area (Å²) >= 11 is 0. The lowest BCUT2D eigenvalue weighted by Crippen LogP contribution is -2.01. The Morgan fingerprint density at radius 2 is 0.459 bits per heavy atom. The maximum Gasteiger partial charge on any atom is 0.160 e. The topological polar surface area (TPSA) is 92.1 Å². The molecule has 0 amide bonds. The lowest BCUT2D eigenvalue weighted by atomic mass is 9.93. The molecule has 3 aliphatic rings. The van der Waals surface area contributed by atoms with Crippen molar-refractivity contribution < 1.29 is 0 Å². The molecule has 0 unspecified atom stereocenters. The van der Waals surface area contributed by atoms with E-state index in [0.717, 1.165) is 118 Å².